The predicted octanol–water partition coefficient (Wildman–Crippen LogP) is 3.16. The molecule has 1 aliphatic carbocycles. The highest BCUT2D eigenvalue weighted by molar-refractivity contribution is 6.74. The van der Waals surface area contributed by atoms with Crippen molar-refractivity contribution in [2.24, 2.45) is 17.3 Å². The zero-order valence-electron chi connectivity index (χ0n) is 12.7. The van der Waals surface area contributed by atoms with Crippen molar-refractivity contribution >= 4 is 8.32 Å². The second kappa shape index (κ2) is 4.63. The van der Waals surface area contributed by atoms with Gasteiger partial charge < -0.3 is 9.53 Å². The average Bonchev–Trinajstić information content (AvgIpc) is 2.75. The summed E-state index contributed by atoms with van der Waals surface area (Å²) in [5, 5.41) is 19.4. The number of hydrogen-bond donors (Lipinski definition) is 1. The standard InChI is InChI=1S/C14H27NO2Si/c1-13(2,3)18(6,7)17-9-11(16)12-10(8-15)14(12,4)5/h10-12,16H,9H2,1-7H3/t10-,11-,12-/m0/s1. The Morgan fingerprint density at radius 2 is 1.89 bits per heavy atom. The number of aliphatic hydroxyl groups is 1. The summed E-state index contributed by atoms with van der Waals surface area (Å²) in [6.45, 7) is 15.4. The Balaban J connectivity index is 2.54. The molecule has 3 atom stereocenters. The van der Waals surface area contributed by atoms with E-state index in [0.29, 0.717) is 6.61 Å². The van der Waals surface area contributed by atoms with Crippen LogP contribution in [0.1, 0.15) is 34.6 Å². The third kappa shape index (κ3) is 2.79. The molecule has 0 unspecified atom stereocenters. The van der Waals surface area contributed by atoms with E-state index in [1.165, 1.54) is 0 Å². The molecule has 0 amide bonds. The minimum absolute atomic E-state index is 0.0319. The first kappa shape index (κ1) is 15.7. The Labute approximate surface area is 112 Å². The maximum atomic E-state index is 10.2. The molecule has 0 radical (unpaired) electrons. The molecule has 1 rings (SSSR count). The molecule has 0 aromatic heterocycles. The Kier molecular flexibility index (Phi) is 4.03. The van der Waals surface area contributed by atoms with Crippen molar-refractivity contribution < 1.29 is 9.53 Å². The van der Waals surface area contributed by atoms with Crippen molar-refractivity contribution in [2.75, 3.05) is 6.61 Å². The van der Waals surface area contributed by atoms with E-state index in [4.69, 9.17) is 9.69 Å². The first-order valence-electron chi connectivity index (χ1n) is 6.67. The van der Waals surface area contributed by atoms with E-state index in [2.05, 4.69) is 39.9 Å². The minimum atomic E-state index is -1.81. The van der Waals surface area contributed by atoms with Gasteiger partial charge in [-0.1, -0.05) is 34.6 Å². The monoisotopic (exact) mass is 269 g/mol. The smallest absolute Gasteiger partial charge is 0.192 e. The molecule has 1 saturated carbocycles. The minimum Gasteiger partial charge on any atom is -0.414 e. The number of aliphatic hydroxyl groups excluding tert-OH is 1. The molecule has 104 valence electrons. The lowest BCUT2D eigenvalue weighted by Crippen LogP contribution is -2.43. The zero-order chi connectivity index (χ0) is 14.4. The summed E-state index contributed by atoms with van der Waals surface area (Å²) in [6, 6.07) is 2.28. The van der Waals surface area contributed by atoms with Crippen LogP contribution < -0.4 is 0 Å². The van der Waals surface area contributed by atoms with E-state index >= 15 is 0 Å². The van der Waals surface area contributed by atoms with Crippen LogP contribution in [0.25, 0.3) is 0 Å². The van der Waals surface area contributed by atoms with Gasteiger partial charge in [-0.25, -0.2) is 0 Å². The molecule has 0 aromatic carbocycles. The quantitative estimate of drug-likeness (QED) is 0.798. The van der Waals surface area contributed by atoms with Crippen LogP contribution in [0.2, 0.25) is 18.1 Å². The molecule has 18 heavy (non-hydrogen) atoms. The Morgan fingerprint density at radius 3 is 2.22 bits per heavy atom. The molecular weight excluding hydrogens is 242 g/mol. The molecule has 0 heterocycles. The molecule has 1 aliphatic rings. The molecule has 3 nitrogen and oxygen atoms in total. The summed E-state index contributed by atoms with van der Waals surface area (Å²) >= 11 is 0. The third-order valence-corrected chi connectivity index (χ3v) is 9.39. The topological polar surface area (TPSA) is 53.2 Å². The van der Waals surface area contributed by atoms with Crippen LogP contribution in [0, 0.1) is 28.6 Å². The van der Waals surface area contributed by atoms with E-state index in [1.54, 1.807) is 0 Å². The summed E-state index contributed by atoms with van der Waals surface area (Å²) < 4.78 is 6.02. The van der Waals surface area contributed by atoms with E-state index in [1.807, 2.05) is 13.8 Å². The van der Waals surface area contributed by atoms with Crippen molar-refractivity contribution in [1.29, 1.82) is 5.26 Å². The number of rotatable bonds is 4. The summed E-state index contributed by atoms with van der Waals surface area (Å²) in [5.74, 6) is 0.0304. The molecule has 0 aromatic rings. The Bertz CT molecular complexity index is 352. The summed E-state index contributed by atoms with van der Waals surface area (Å²) in [6.07, 6.45) is -0.515. The first-order chi connectivity index (χ1) is 7.95. The summed E-state index contributed by atoms with van der Waals surface area (Å²) in [5.41, 5.74) is -0.0645. The fraction of sp³-hybridized carbons (Fsp3) is 0.929. The SMILES string of the molecule is CC1(C)[C@H]([C@@H](O)CO[Si](C)(C)C(C)(C)C)[C@@H]1C#N. The zero-order valence-corrected chi connectivity index (χ0v) is 13.7. The largest absolute Gasteiger partial charge is 0.414 e. The van der Waals surface area contributed by atoms with E-state index in [-0.39, 0.29) is 22.3 Å². The van der Waals surface area contributed by atoms with Gasteiger partial charge in [-0.05, 0) is 23.5 Å². The van der Waals surface area contributed by atoms with Crippen LogP contribution in [0.3, 0.4) is 0 Å². The molecule has 4 heteroatoms. The number of nitriles is 1. The van der Waals surface area contributed by atoms with E-state index < -0.39 is 14.4 Å². The molecule has 0 aliphatic heterocycles. The van der Waals surface area contributed by atoms with Gasteiger partial charge in [0.15, 0.2) is 8.32 Å². The van der Waals surface area contributed by atoms with Gasteiger partial charge in [-0.3, -0.25) is 0 Å². The van der Waals surface area contributed by atoms with Crippen LogP contribution in [0.5, 0.6) is 0 Å². The van der Waals surface area contributed by atoms with Gasteiger partial charge in [0, 0.05) is 5.92 Å². The third-order valence-electron chi connectivity index (χ3n) is 4.89. The second-order valence-electron chi connectivity index (χ2n) is 7.59. The predicted molar refractivity (Wildman–Crippen MR) is 75.5 cm³/mol. The molecule has 1 fully saturated rings. The van der Waals surface area contributed by atoms with Crippen molar-refractivity contribution in [2.45, 2.75) is 58.9 Å². The van der Waals surface area contributed by atoms with Gasteiger partial charge in [-0.2, -0.15) is 5.26 Å². The van der Waals surface area contributed by atoms with Gasteiger partial charge in [0.2, 0.25) is 0 Å². The fourth-order valence-electron chi connectivity index (χ4n) is 2.26. The lowest BCUT2D eigenvalue weighted by Gasteiger charge is -2.36. The molecule has 0 bridgehead atoms. The van der Waals surface area contributed by atoms with Gasteiger partial charge >= 0.3 is 0 Å². The Morgan fingerprint density at radius 1 is 1.39 bits per heavy atom. The number of hydrogen-bond acceptors (Lipinski definition) is 3. The van der Waals surface area contributed by atoms with Crippen LogP contribution in [-0.2, 0) is 4.43 Å². The van der Waals surface area contributed by atoms with Crippen molar-refractivity contribution in [3.8, 4) is 6.07 Å². The van der Waals surface area contributed by atoms with Crippen molar-refractivity contribution in [1.82, 2.24) is 0 Å². The van der Waals surface area contributed by atoms with Crippen LogP contribution in [-0.4, -0.2) is 26.1 Å². The van der Waals surface area contributed by atoms with Gasteiger partial charge in [0.25, 0.3) is 0 Å². The van der Waals surface area contributed by atoms with E-state index in [0.717, 1.165) is 0 Å². The molecule has 0 saturated heterocycles. The maximum absolute atomic E-state index is 10.2. The maximum Gasteiger partial charge on any atom is 0.192 e. The highest BCUT2D eigenvalue weighted by Gasteiger charge is 2.61. The Hall–Kier alpha value is -0.373. The average molecular weight is 269 g/mol. The number of nitrogens with zero attached hydrogens (tertiary/aromatic N) is 1. The summed E-state index contributed by atoms with van der Waals surface area (Å²) in [7, 11) is -1.81. The first-order valence-corrected chi connectivity index (χ1v) is 9.57. The lowest BCUT2D eigenvalue weighted by atomic mass is 10.1. The molecular formula is C14H27NO2Si. The highest BCUT2D eigenvalue weighted by atomic mass is 28.4. The highest BCUT2D eigenvalue weighted by Crippen LogP contribution is 2.59. The van der Waals surface area contributed by atoms with E-state index in [9.17, 15) is 5.11 Å². The molecule has 0 spiro atoms. The van der Waals surface area contributed by atoms with Crippen LogP contribution in [0.15, 0.2) is 0 Å². The second-order valence-corrected chi connectivity index (χ2v) is 12.4. The van der Waals surface area contributed by atoms with Gasteiger partial charge in [0.1, 0.15) is 0 Å². The van der Waals surface area contributed by atoms with Gasteiger partial charge in [0.05, 0.1) is 24.7 Å². The van der Waals surface area contributed by atoms with Crippen LogP contribution in [0.4, 0.5) is 0 Å². The fourth-order valence-corrected chi connectivity index (χ4v) is 3.28. The lowest BCUT2D eigenvalue weighted by molar-refractivity contribution is 0.0716. The van der Waals surface area contributed by atoms with Gasteiger partial charge in [-0.15, -0.1) is 0 Å². The van der Waals surface area contributed by atoms with Crippen molar-refractivity contribution in [3.05, 3.63) is 0 Å². The van der Waals surface area contributed by atoms with Crippen LogP contribution >= 0.6 is 0 Å². The normalized spacial score (nSPS) is 28.6. The molecule has 1 N–H and O–H groups in total. The summed E-state index contributed by atoms with van der Waals surface area (Å²) in [4.78, 5) is 0. The van der Waals surface area contributed by atoms with Crippen molar-refractivity contribution in [3.63, 3.8) is 0 Å².